The lowest BCUT2D eigenvalue weighted by molar-refractivity contribution is 0.749. The lowest BCUT2D eigenvalue weighted by Gasteiger charge is -2.33. The summed E-state index contributed by atoms with van der Waals surface area (Å²) in [7, 11) is 0. The van der Waals surface area contributed by atoms with E-state index in [9.17, 15) is 0 Å². The van der Waals surface area contributed by atoms with Crippen molar-refractivity contribution in [3.8, 4) is 0 Å². The summed E-state index contributed by atoms with van der Waals surface area (Å²) in [5.74, 6) is 1.15. The van der Waals surface area contributed by atoms with Gasteiger partial charge in [-0.1, -0.05) is 17.7 Å². The molecule has 2 nitrogen and oxygen atoms in total. The first-order valence-electron chi connectivity index (χ1n) is 5.12. The fourth-order valence-corrected chi connectivity index (χ4v) is 3.03. The number of thioether (sulfide) groups is 1. The van der Waals surface area contributed by atoms with Crippen molar-refractivity contribution in [3.05, 3.63) is 29.3 Å². The van der Waals surface area contributed by atoms with E-state index in [0.717, 1.165) is 30.4 Å². The minimum absolute atomic E-state index is 0.553. The van der Waals surface area contributed by atoms with Crippen LogP contribution in [-0.2, 0) is 0 Å². The summed E-state index contributed by atoms with van der Waals surface area (Å²) in [5, 5.41) is 1.35. The molecule has 1 aliphatic heterocycles. The molecule has 1 atom stereocenters. The molecule has 1 heterocycles. The number of hydrogen-bond acceptors (Lipinski definition) is 3. The van der Waals surface area contributed by atoms with Gasteiger partial charge in [-0.05, 0) is 18.2 Å². The molecule has 1 unspecified atom stereocenters. The monoisotopic (exact) mass is 242 g/mol. The van der Waals surface area contributed by atoms with Gasteiger partial charge in [0.1, 0.15) is 0 Å². The van der Waals surface area contributed by atoms with Crippen molar-refractivity contribution in [2.45, 2.75) is 5.25 Å². The lowest BCUT2D eigenvalue weighted by atomic mass is 10.2. The van der Waals surface area contributed by atoms with Gasteiger partial charge in [-0.25, -0.2) is 0 Å². The van der Waals surface area contributed by atoms with Crippen LogP contribution in [-0.4, -0.2) is 30.6 Å². The van der Waals surface area contributed by atoms with E-state index >= 15 is 0 Å². The van der Waals surface area contributed by atoms with Crippen LogP contribution in [0, 0.1) is 0 Å². The minimum Gasteiger partial charge on any atom is -0.370 e. The third-order valence-electron chi connectivity index (χ3n) is 2.58. The highest BCUT2D eigenvalue weighted by Crippen LogP contribution is 2.25. The van der Waals surface area contributed by atoms with E-state index in [1.807, 2.05) is 30.0 Å². The minimum atomic E-state index is 0.553. The zero-order valence-electron chi connectivity index (χ0n) is 8.53. The van der Waals surface area contributed by atoms with Crippen LogP contribution in [0.15, 0.2) is 24.3 Å². The van der Waals surface area contributed by atoms with Crippen LogP contribution in [0.5, 0.6) is 0 Å². The van der Waals surface area contributed by atoms with E-state index in [-0.39, 0.29) is 0 Å². The summed E-state index contributed by atoms with van der Waals surface area (Å²) >= 11 is 7.94. The molecule has 1 fully saturated rings. The van der Waals surface area contributed by atoms with Crippen LogP contribution in [0.2, 0.25) is 5.02 Å². The fraction of sp³-hybridized carbons (Fsp3) is 0.455. The Morgan fingerprint density at radius 3 is 3.13 bits per heavy atom. The van der Waals surface area contributed by atoms with Crippen LogP contribution >= 0.6 is 23.4 Å². The number of nitrogens with two attached hydrogens (primary N) is 1. The molecule has 4 heteroatoms. The molecule has 0 saturated carbocycles. The molecule has 82 valence electrons. The maximum atomic E-state index is 5.98. The number of halogens is 1. The van der Waals surface area contributed by atoms with Gasteiger partial charge in [-0.3, -0.25) is 0 Å². The van der Waals surface area contributed by atoms with Crippen LogP contribution in [0.4, 0.5) is 5.69 Å². The first kappa shape index (κ1) is 11.1. The molecular weight excluding hydrogens is 228 g/mol. The summed E-state index contributed by atoms with van der Waals surface area (Å²) in [6, 6.07) is 8.03. The topological polar surface area (TPSA) is 29.3 Å². The number of benzene rings is 1. The summed E-state index contributed by atoms with van der Waals surface area (Å²) in [4.78, 5) is 2.36. The predicted octanol–water partition coefficient (Wildman–Crippen LogP) is 2.22. The average molecular weight is 243 g/mol. The molecular formula is C11H15ClN2S. The molecule has 1 aliphatic rings. The molecule has 1 aromatic rings. The second kappa shape index (κ2) is 5.10. The van der Waals surface area contributed by atoms with Crippen molar-refractivity contribution in [1.82, 2.24) is 0 Å². The Morgan fingerprint density at radius 1 is 1.53 bits per heavy atom. The van der Waals surface area contributed by atoms with E-state index in [0.29, 0.717) is 5.25 Å². The van der Waals surface area contributed by atoms with Gasteiger partial charge in [0.2, 0.25) is 0 Å². The summed E-state index contributed by atoms with van der Waals surface area (Å²) in [6.07, 6.45) is 0. The standard InChI is InChI=1S/C11H15ClN2S/c12-9-2-1-3-10(6-9)14-4-5-15-11(7-13)8-14/h1-3,6,11H,4-5,7-8,13H2. The van der Waals surface area contributed by atoms with Crippen LogP contribution < -0.4 is 10.6 Å². The van der Waals surface area contributed by atoms with Gasteiger partial charge in [0, 0.05) is 41.3 Å². The predicted molar refractivity (Wildman–Crippen MR) is 69.0 cm³/mol. The summed E-state index contributed by atoms with van der Waals surface area (Å²) in [5.41, 5.74) is 6.91. The molecule has 2 N–H and O–H groups in total. The van der Waals surface area contributed by atoms with Crippen molar-refractivity contribution in [2.24, 2.45) is 5.73 Å². The Hall–Kier alpha value is -0.380. The van der Waals surface area contributed by atoms with Crippen molar-refractivity contribution < 1.29 is 0 Å². The van der Waals surface area contributed by atoms with Crippen LogP contribution in [0.25, 0.3) is 0 Å². The fourth-order valence-electron chi connectivity index (χ4n) is 1.77. The molecule has 0 amide bonds. The maximum absolute atomic E-state index is 5.98. The Morgan fingerprint density at radius 2 is 2.40 bits per heavy atom. The molecule has 0 spiro atoms. The number of anilines is 1. The molecule has 0 bridgehead atoms. The first-order chi connectivity index (χ1) is 7.29. The highest BCUT2D eigenvalue weighted by molar-refractivity contribution is 8.00. The average Bonchev–Trinajstić information content (AvgIpc) is 2.29. The third kappa shape index (κ3) is 2.80. The second-order valence-electron chi connectivity index (χ2n) is 3.65. The molecule has 0 aliphatic carbocycles. The largest absolute Gasteiger partial charge is 0.370 e. The quantitative estimate of drug-likeness (QED) is 0.863. The van der Waals surface area contributed by atoms with E-state index in [4.69, 9.17) is 17.3 Å². The maximum Gasteiger partial charge on any atom is 0.0426 e. The summed E-state index contributed by atoms with van der Waals surface area (Å²) < 4.78 is 0. The zero-order valence-corrected chi connectivity index (χ0v) is 10.1. The highest BCUT2D eigenvalue weighted by Gasteiger charge is 2.19. The molecule has 1 aromatic carbocycles. The third-order valence-corrected chi connectivity index (χ3v) is 4.04. The second-order valence-corrected chi connectivity index (χ2v) is 5.50. The van der Waals surface area contributed by atoms with Gasteiger partial charge in [0.15, 0.2) is 0 Å². The molecule has 2 rings (SSSR count). The van der Waals surface area contributed by atoms with E-state index in [1.54, 1.807) is 0 Å². The Kier molecular flexibility index (Phi) is 3.78. The summed E-state index contributed by atoms with van der Waals surface area (Å²) in [6.45, 7) is 2.87. The van der Waals surface area contributed by atoms with Gasteiger partial charge in [-0.2, -0.15) is 11.8 Å². The first-order valence-corrected chi connectivity index (χ1v) is 6.54. The van der Waals surface area contributed by atoms with Gasteiger partial charge in [-0.15, -0.1) is 0 Å². The van der Waals surface area contributed by atoms with E-state index in [1.165, 1.54) is 5.69 Å². The van der Waals surface area contributed by atoms with Crippen LogP contribution in [0.3, 0.4) is 0 Å². The van der Waals surface area contributed by atoms with Crippen molar-refractivity contribution in [3.63, 3.8) is 0 Å². The lowest BCUT2D eigenvalue weighted by Crippen LogP contribution is -2.40. The molecule has 0 aromatic heterocycles. The number of nitrogens with zero attached hydrogens (tertiary/aromatic N) is 1. The SMILES string of the molecule is NCC1CN(c2cccc(Cl)c2)CCS1. The Labute approximate surface area is 99.8 Å². The van der Waals surface area contributed by atoms with Crippen molar-refractivity contribution in [2.75, 3.05) is 30.3 Å². The number of hydrogen-bond donors (Lipinski definition) is 1. The van der Waals surface area contributed by atoms with Crippen molar-refractivity contribution >= 4 is 29.1 Å². The van der Waals surface area contributed by atoms with E-state index in [2.05, 4.69) is 11.0 Å². The van der Waals surface area contributed by atoms with Crippen molar-refractivity contribution in [1.29, 1.82) is 0 Å². The highest BCUT2D eigenvalue weighted by atomic mass is 35.5. The van der Waals surface area contributed by atoms with Gasteiger partial charge >= 0.3 is 0 Å². The zero-order chi connectivity index (χ0) is 10.7. The molecule has 1 saturated heterocycles. The van der Waals surface area contributed by atoms with Gasteiger partial charge in [0.05, 0.1) is 0 Å². The normalized spacial score (nSPS) is 21.7. The van der Waals surface area contributed by atoms with E-state index < -0.39 is 0 Å². The smallest absolute Gasteiger partial charge is 0.0426 e. The number of rotatable bonds is 2. The Balaban J connectivity index is 2.09. The van der Waals surface area contributed by atoms with Gasteiger partial charge < -0.3 is 10.6 Å². The molecule has 15 heavy (non-hydrogen) atoms. The Bertz CT molecular complexity index is 332. The van der Waals surface area contributed by atoms with Gasteiger partial charge in [0.25, 0.3) is 0 Å². The molecule has 0 radical (unpaired) electrons. The van der Waals surface area contributed by atoms with Crippen LogP contribution in [0.1, 0.15) is 0 Å².